The van der Waals surface area contributed by atoms with Gasteiger partial charge in [0.05, 0.1) is 0 Å². The van der Waals surface area contributed by atoms with Crippen LogP contribution in [0.1, 0.15) is 64.7 Å². The SMILES string of the molecule is CCCCCCCCCCCSc1nc2c([nH]1)c(=S)n(C)c(=O)n2C. The van der Waals surface area contributed by atoms with Gasteiger partial charge < -0.3 is 4.98 Å². The van der Waals surface area contributed by atoms with Crippen LogP contribution in [0.5, 0.6) is 0 Å². The molecule has 0 spiro atoms. The van der Waals surface area contributed by atoms with Crippen LogP contribution in [-0.4, -0.2) is 24.9 Å². The summed E-state index contributed by atoms with van der Waals surface area (Å²) in [6.07, 6.45) is 12.0. The Morgan fingerprint density at radius 1 is 1.00 bits per heavy atom. The highest BCUT2D eigenvalue weighted by atomic mass is 32.2. The number of aromatic amines is 1. The van der Waals surface area contributed by atoms with Crippen LogP contribution in [0.3, 0.4) is 0 Å². The van der Waals surface area contributed by atoms with Gasteiger partial charge in [0.2, 0.25) is 0 Å². The molecule has 0 aliphatic carbocycles. The monoisotopic (exact) mass is 382 g/mol. The van der Waals surface area contributed by atoms with Gasteiger partial charge in [-0.1, -0.05) is 82.3 Å². The van der Waals surface area contributed by atoms with Crippen molar-refractivity contribution in [2.45, 2.75) is 69.9 Å². The van der Waals surface area contributed by atoms with Gasteiger partial charge in [0, 0.05) is 19.8 Å². The zero-order valence-corrected chi connectivity index (χ0v) is 17.3. The third kappa shape index (κ3) is 5.45. The van der Waals surface area contributed by atoms with Crippen LogP contribution >= 0.6 is 24.0 Å². The third-order valence-corrected chi connectivity index (χ3v) is 6.00. The van der Waals surface area contributed by atoms with Crippen molar-refractivity contribution < 1.29 is 0 Å². The van der Waals surface area contributed by atoms with Crippen molar-refractivity contribution in [3.63, 3.8) is 0 Å². The fourth-order valence-electron chi connectivity index (χ4n) is 2.95. The van der Waals surface area contributed by atoms with Gasteiger partial charge in [-0.3, -0.25) is 9.13 Å². The van der Waals surface area contributed by atoms with E-state index >= 15 is 0 Å². The van der Waals surface area contributed by atoms with Crippen molar-refractivity contribution in [2.75, 3.05) is 5.75 Å². The number of aryl methyl sites for hydroxylation is 1. The van der Waals surface area contributed by atoms with Crippen LogP contribution in [-0.2, 0) is 14.1 Å². The standard InChI is InChI=1S/C18H30N4OS2/c1-4-5-6-7-8-9-10-11-12-13-25-17-19-14-15(20-17)21(2)18(23)22(3)16(14)24/h4-13H2,1-3H3,(H,19,20). The van der Waals surface area contributed by atoms with E-state index in [1.807, 2.05) is 0 Å². The number of nitrogens with zero attached hydrogens (tertiary/aromatic N) is 3. The number of rotatable bonds is 11. The molecular weight excluding hydrogens is 352 g/mol. The van der Waals surface area contributed by atoms with Crippen LogP contribution in [0.4, 0.5) is 0 Å². The first-order valence-electron chi connectivity index (χ1n) is 9.34. The number of hydrogen-bond donors (Lipinski definition) is 1. The molecule has 7 heteroatoms. The first-order valence-corrected chi connectivity index (χ1v) is 10.7. The first-order chi connectivity index (χ1) is 12.1. The molecule has 5 nitrogen and oxygen atoms in total. The lowest BCUT2D eigenvalue weighted by Gasteiger charge is -2.02. The highest BCUT2D eigenvalue weighted by molar-refractivity contribution is 7.99. The molecule has 2 aromatic rings. The van der Waals surface area contributed by atoms with Crippen LogP contribution in [0, 0.1) is 4.64 Å². The molecule has 140 valence electrons. The normalized spacial score (nSPS) is 11.5. The van der Waals surface area contributed by atoms with E-state index in [0.717, 1.165) is 16.4 Å². The molecule has 0 atom stereocenters. The van der Waals surface area contributed by atoms with Crippen molar-refractivity contribution in [2.24, 2.45) is 14.1 Å². The fraction of sp³-hybridized carbons (Fsp3) is 0.722. The first kappa shape index (κ1) is 20.2. The molecule has 2 heterocycles. The summed E-state index contributed by atoms with van der Waals surface area (Å²) in [6.45, 7) is 2.26. The molecule has 0 saturated carbocycles. The van der Waals surface area contributed by atoms with Crippen molar-refractivity contribution in [1.82, 2.24) is 19.1 Å². The second-order valence-corrected chi connectivity index (χ2v) is 8.09. The van der Waals surface area contributed by atoms with Gasteiger partial charge in [-0.25, -0.2) is 9.78 Å². The molecule has 0 amide bonds. The Kier molecular flexibility index (Phi) is 8.22. The molecule has 1 N–H and O–H groups in total. The summed E-state index contributed by atoms with van der Waals surface area (Å²) in [6, 6.07) is 0. The Balaban J connectivity index is 1.75. The van der Waals surface area contributed by atoms with Gasteiger partial charge in [0.25, 0.3) is 0 Å². The van der Waals surface area contributed by atoms with E-state index in [0.29, 0.717) is 10.3 Å². The van der Waals surface area contributed by atoms with E-state index in [1.165, 1.54) is 62.4 Å². The number of imidazole rings is 1. The zero-order valence-electron chi connectivity index (χ0n) is 15.6. The number of fused-ring (bicyclic) bond motifs is 1. The van der Waals surface area contributed by atoms with Crippen LogP contribution < -0.4 is 5.69 Å². The number of aromatic nitrogens is 4. The van der Waals surface area contributed by atoms with E-state index in [1.54, 1.807) is 30.4 Å². The quantitative estimate of drug-likeness (QED) is 0.339. The van der Waals surface area contributed by atoms with Gasteiger partial charge in [-0.05, 0) is 6.42 Å². The van der Waals surface area contributed by atoms with Crippen LogP contribution in [0.15, 0.2) is 9.95 Å². The van der Waals surface area contributed by atoms with Crippen molar-refractivity contribution >= 4 is 35.1 Å². The number of nitrogens with one attached hydrogen (secondary N) is 1. The predicted octanol–water partition coefficient (Wildman–Crippen LogP) is 4.95. The Labute approximate surface area is 159 Å². The van der Waals surface area contributed by atoms with E-state index in [-0.39, 0.29) is 5.69 Å². The van der Waals surface area contributed by atoms with E-state index in [9.17, 15) is 4.79 Å². The van der Waals surface area contributed by atoms with E-state index in [4.69, 9.17) is 12.2 Å². The van der Waals surface area contributed by atoms with Gasteiger partial charge in [-0.15, -0.1) is 0 Å². The maximum Gasteiger partial charge on any atom is 0.330 e. The highest BCUT2D eigenvalue weighted by Crippen LogP contribution is 2.20. The van der Waals surface area contributed by atoms with Gasteiger partial charge in [0.1, 0.15) is 10.2 Å². The molecular formula is C18H30N4OS2. The summed E-state index contributed by atoms with van der Waals surface area (Å²) in [5.41, 5.74) is 1.27. The molecule has 0 aromatic carbocycles. The second-order valence-electron chi connectivity index (χ2n) is 6.62. The Morgan fingerprint density at radius 2 is 1.60 bits per heavy atom. The minimum absolute atomic E-state index is 0.139. The second kappa shape index (κ2) is 10.2. The Morgan fingerprint density at radius 3 is 2.24 bits per heavy atom. The van der Waals surface area contributed by atoms with Gasteiger partial charge in [-0.2, -0.15) is 0 Å². The van der Waals surface area contributed by atoms with Crippen molar-refractivity contribution in [3.05, 3.63) is 15.1 Å². The maximum atomic E-state index is 12.1. The molecule has 0 fully saturated rings. The number of unbranched alkanes of at least 4 members (excludes halogenated alkanes) is 8. The Bertz CT molecular complexity index is 791. The van der Waals surface area contributed by atoms with E-state index < -0.39 is 0 Å². The number of thioether (sulfide) groups is 1. The molecule has 0 saturated heterocycles. The minimum atomic E-state index is -0.139. The summed E-state index contributed by atoms with van der Waals surface area (Å²) < 4.78 is 3.54. The minimum Gasteiger partial charge on any atom is -0.329 e. The van der Waals surface area contributed by atoms with Crippen LogP contribution in [0.2, 0.25) is 0 Å². The molecule has 0 bridgehead atoms. The molecule has 0 aliphatic heterocycles. The average Bonchev–Trinajstić information content (AvgIpc) is 3.04. The lowest BCUT2D eigenvalue weighted by molar-refractivity contribution is 0.573. The third-order valence-electron chi connectivity index (χ3n) is 4.56. The number of hydrogen-bond acceptors (Lipinski definition) is 4. The largest absolute Gasteiger partial charge is 0.330 e. The molecule has 0 unspecified atom stereocenters. The highest BCUT2D eigenvalue weighted by Gasteiger charge is 2.11. The summed E-state index contributed by atoms with van der Waals surface area (Å²) in [4.78, 5) is 19.9. The predicted molar refractivity (Wildman–Crippen MR) is 109 cm³/mol. The number of H-pyrrole nitrogens is 1. The van der Waals surface area contributed by atoms with Crippen molar-refractivity contribution in [3.8, 4) is 0 Å². The van der Waals surface area contributed by atoms with Gasteiger partial charge >= 0.3 is 5.69 Å². The van der Waals surface area contributed by atoms with Crippen molar-refractivity contribution in [1.29, 1.82) is 0 Å². The smallest absolute Gasteiger partial charge is 0.329 e. The topological polar surface area (TPSA) is 55.6 Å². The van der Waals surface area contributed by atoms with Crippen LogP contribution in [0.25, 0.3) is 11.2 Å². The fourth-order valence-corrected chi connectivity index (χ4v) is 4.04. The molecule has 0 radical (unpaired) electrons. The average molecular weight is 383 g/mol. The molecule has 25 heavy (non-hydrogen) atoms. The summed E-state index contributed by atoms with van der Waals surface area (Å²) in [5, 5.41) is 0.849. The zero-order chi connectivity index (χ0) is 18.2. The Hall–Kier alpha value is -1.08. The van der Waals surface area contributed by atoms with Gasteiger partial charge in [0.15, 0.2) is 10.8 Å². The lowest BCUT2D eigenvalue weighted by Crippen LogP contribution is -2.27. The molecule has 2 aromatic heterocycles. The molecule has 0 aliphatic rings. The van der Waals surface area contributed by atoms with E-state index in [2.05, 4.69) is 16.9 Å². The lowest BCUT2D eigenvalue weighted by atomic mass is 10.1. The summed E-state index contributed by atoms with van der Waals surface area (Å²) in [5.74, 6) is 1.04. The summed E-state index contributed by atoms with van der Waals surface area (Å²) >= 11 is 7.06. The molecule has 2 rings (SSSR count). The maximum absolute atomic E-state index is 12.1. The summed E-state index contributed by atoms with van der Waals surface area (Å²) in [7, 11) is 3.43.